The van der Waals surface area contributed by atoms with Crippen molar-refractivity contribution in [2.45, 2.75) is 47.1 Å². The van der Waals surface area contributed by atoms with E-state index < -0.39 is 23.9 Å². The summed E-state index contributed by atoms with van der Waals surface area (Å²) in [5.74, 6) is -3.33. The molecule has 1 unspecified atom stereocenters. The fraction of sp³-hybridized carbons (Fsp3) is 0.667. The van der Waals surface area contributed by atoms with Crippen molar-refractivity contribution in [2.75, 3.05) is 6.61 Å². The Morgan fingerprint density at radius 1 is 0.727 bits per heavy atom. The van der Waals surface area contributed by atoms with E-state index in [1.165, 1.54) is 0 Å². The average molecular weight is 330 g/mol. The van der Waals surface area contributed by atoms with Gasteiger partial charge in [0.1, 0.15) is 0 Å². The summed E-state index contributed by atoms with van der Waals surface area (Å²) in [4.78, 5) is 36.0. The zero-order chi connectivity index (χ0) is 19.3. The third-order valence-corrected chi connectivity index (χ3v) is 0.547. The number of hydrogen-bond acceptors (Lipinski definition) is 6. The maximum absolute atomic E-state index is 9.00. The first-order valence-electron chi connectivity index (χ1n) is 5.77. The van der Waals surface area contributed by atoms with E-state index in [1.807, 2.05) is 0 Å². The molecule has 6 N–H and O–H groups in total. The molecule has 0 amide bonds. The van der Waals surface area contributed by atoms with Crippen LogP contribution in [0.3, 0.4) is 0 Å². The first-order chi connectivity index (χ1) is 9.70. The molecule has 0 fully saturated rings. The Morgan fingerprint density at radius 2 is 0.864 bits per heavy atom. The second kappa shape index (κ2) is 27.2. The smallest absolute Gasteiger partial charge is 0.300 e. The largest absolute Gasteiger partial charge is 0.481 e. The Balaban J connectivity index is -0.0000000555. The van der Waals surface area contributed by atoms with E-state index in [9.17, 15) is 0 Å². The molecule has 0 saturated carbocycles. The third-order valence-electron chi connectivity index (χ3n) is 0.547. The van der Waals surface area contributed by atoms with Crippen molar-refractivity contribution >= 4 is 23.9 Å². The van der Waals surface area contributed by atoms with Gasteiger partial charge in [0.25, 0.3) is 23.9 Å². The lowest BCUT2D eigenvalue weighted by atomic mass is 10.3. The molecule has 0 aliphatic rings. The molecule has 0 heterocycles. The highest BCUT2D eigenvalue weighted by molar-refractivity contribution is 5.63. The molecule has 0 rings (SSSR count). The Morgan fingerprint density at radius 3 is 0.864 bits per heavy atom. The van der Waals surface area contributed by atoms with Gasteiger partial charge in [0.2, 0.25) is 0 Å². The van der Waals surface area contributed by atoms with Gasteiger partial charge >= 0.3 is 0 Å². The molecule has 10 heteroatoms. The van der Waals surface area contributed by atoms with Gasteiger partial charge in [-0.25, -0.2) is 0 Å². The molecule has 0 spiro atoms. The van der Waals surface area contributed by atoms with E-state index >= 15 is 0 Å². The summed E-state index contributed by atoms with van der Waals surface area (Å²) in [6.45, 7) is 6.06. The number of hydrogen-bond donors (Lipinski definition) is 6. The fourth-order valence-corrected chi connectivity index (χ4v) is 0.187. The van der Waals surface area contributed by atoms with Gasteiger partial charge in [-0.1, -0.05) is 0 Å². The second-order valence-electron chi connectivity index (χ2n) is 3.44. The summed E-state index contributed by atoms with van der Waals surface area (Å²) in [6, 6.07) is 0. The van der Waals surface area contributed by atoms with Crippen LogP contribution in [0.5, 0.6) is 0 Å². The van der Waals surface area contributed by atoms with Crippen LogP contribution in [-0.2, 0) is 19.2 Å². The van der Waals surface area contributed by atoms with Crippen LogP contribution in [0.25, 0.3) is 0 Å². The van der Waals surface area contributed by atoms with Crippen molar-refractivity contribution in [2.24, 2.45) is 0 Å². The quantitative estimate of drug-likeness (QED) is 0.405. The average Bonchev–Trinajstić information content (AvgIpc) is 2.12. The van der Waals surface area contributed by atoms with Crippen LogP contribution in [0.15, 0.2) is 0 Å². The summed E-state index contributed by atoms with van der Waals surface area (Å²) >= 11 is 0. The van der Waals surface area contributed by atoms with Crippen molar-refractivity contribution < 1.29 is 49.8 Å². The maximum Gasteiger partial charge on any atom is 0.300 e. The van der Waals surface area contributed by atoms with Crippen molar-refractivity contribution in [1.29, 1.82) is 0 Å². The topological polar surface area (TPSA) is 190 Å². The molecule has 0 aliphatic heterocycles. The number of carboxylic acids is 4. The molecule has 0 aliphatic carbocycles. The van der Waals surface area contributed by atoms with Gasteiger partial charge in [-0.15, -0.1) is 0 Å². The number of rotatable bonds is 2. The zero-order valence-electron chi connectivity index (χ0n) is 13.3. The maximum atomic E-state index is 9.00. The van der Waals surface area contributed by atoms with Crippen LogP contribution in [0.2, 0.25) is 0 Å². The van der Waals surface area contributed by atoms with E-state index in [-0.39, 0.29) is 12.7 Å². The van der Waals surface area contributed by atoms with Gasteiger partial charge in [-0.2, -0.15) is 0 Å². The number of aliphatic hydroxyl groups excluding tert-OH is 2. The molecule has 0 aromatic rings. The SMILES string of the molecule is CC(=O)O.CC(=O)O.CC(=O)O.CC(=O)O.CC(O)CCO. The number of aliphatic carboxylic acids is 4. The first-order valence-corrected chi connectivity index (χ1v) is 5.77. The van der Waals surface area contributed by atoms with Crippen molar-refractivity contribution in [3.05, 3.63) is 0 Å². The minimum absolute atomic E-state index is 0.0810. The highest BCUT2D eigenvalue weighted by Gasteiger charge is 1.88. The summed E-state index contributed by atoms with van der Waals surface area (Å²) < 4.78 is 0. The van der Waals surface area contributed by atoms with Crippen LogP contribution in [0, 0.1) is 0 Å². The molecular formula is C12H26O10. The van der Waals surface area contributed by atoms with Gasteiger partial charge in [-0.3, -0.25) is 19.2 Å². The highest BCUT2D eigenvalue weighted by Crippen LogP contribution is 1.83. The molecule has 1 atom stereocenters. The van der Waals surface area contributed by atoms with E-state index in [4.69, 9.17) is 49.8 Å². The molecule has 22 heavy (non-hydrogen) atoms. The monoisotopic (exact) mass is 330 g/mol. The molecule has 0 bridgehead atoms. The third kappa shape index (κ3) is 7850. The normalized spacial score (nSPS) is 8.50. The van der Waals surface area contributed by atoms with E-state index in [2.05, 4.69) is 0 Å². The van der Waals surface area contributed by atoms with Crippen LogP contribution in [0.4, 0.5) is 0 Å². The summed E-state index contributed by atoms with van der Waals surface area (Å²) in [6.07, 6.45) is 0.134. The molecule has 134 valence electrons. The number of carboxylic acid groups (broad SMARTS) is 4. The Labute approximate surface area is 128 Å². The molecule has 10 nitrogen and oxygen atoms in total. The van der Waals surface area contributed by atoms with Crippen molar-refractivity contribution in [3.8, 4) is 0 Å². The van der Waals surface area contributed by atoms with E-state index in [0.29, 0.717) is 6.42 Å². The predicted molar refractivity (Wildman–Crippen MR) is 76.6 cm³/mol. The summed E-state index contributed by atoms with van der Waals surface area (Å²) in [7, 11) is 0. The van der Waals surface area contributed by atoms with Crippen LogP contribution in [0.1, 0.15) is 41.0 Å². The zero-order valence-corrected chi connectivity index (χ0v) is 13.3. The second-order valence-corrected chi connectivity index (χ2v) is 3.44. The fourth-order valence-electron chi connectivity index (χ4n) is 0.187. The molecule has 0 aromatic carbocycles. The van der Waals surface area contributed by atoms with Gasteiger partial charge in [-0.05, 0) is 13.3 Å². The minimum Gasteiger partial charge on any atom is -0.481 e. The highest BCUT2D eigenvalue weighted by atomic mass is 16.4. The van der Waals surface area contributed by atoms with Gasteiger partial charge < -0.3 is 30.6 Å². The number of carbonyl (C=O) groups is 4. The van der Waals surface area contributed by atoms with Crippen molar-refractivity contribution in [1.82, 2.24) is 0 Å². The Bertz CT molecular complexity index is 222. The Hall–Kier alpha value is -2.20. The van der Waals surface area contributed by atoms with E-state index in [0.717, 1.165) is 27.7 Å². The number of aliphatic hydroxyl groups is 2. The molecule has 0 aromatic heterocycles. The van der Waals surface area contributed by atoms with Gasteiger partial charge in [0.05, 0.1) is 6.10 Å². The van der Waals surface area contributed by atoms with Crippen LogP contribution in [-0.4, -0.2) is 67.2 Å². The lowest BCUT2D eigenvalue weighted by Gasteiger charge is -1.95. The van der Waals surface area contributed by atoms with Crippen LogP contribution < -0.4 is 0 Å². The summed E-state index contributed by atoms with van der Waals surface area (Å²) in [5.41, 5.74) is 0. The lowest BCUT2D eigenvalue weighted by molar-refractivity contribution is -0.135. The standard InChI is InChI=1S/C4H10O2.4C2H4O2/c1-4(6)2-3-5;4*1-2(3)4/h4-6H,2-3H2,1H3;4*1H3,(H,3,4). The minimum atomic E-state index is -0.833. The first kappa shape index (κ1) is 31.9. The van der Waals surface area contributed by atoms with Gasteiger partial charge in [0, 0.05) is 34.3 Å². The molecule has 0 saturated heterocycles. The molecular weight excluding hydrogens is 304 g/mol. The van der Waals surface area contributed by atoms with Crippen molar-refractivity contribution in [3.63, 3.8) is 0 Å². The predicted octanol–water partition coefficient (Wildman–Crippen LogP) is 0.113. The van der Waals surface area contributed by atoms with Gasteiger partial charge in [0.15, 0.2) is 0 Å². The van der Waals surface area contributed by atoms with Crippen LogP contribution >= 0.6 is 0 Å². The Kier molecular flexibility index (Phi) is 39.5. The molecule has 0 radical (unpaired) electrons. The lowest BCUT2D eigenvalue weighted by Crippen LogP contribution is -2.00. The summed E-state index contributed by atoms with van der Waals surface area (Å²) in [5, 5.41) is 46.1. The van der Waals surface area contributed by atoms with E-state index in [1.54, 1.807) is 6.92 Å².